The minimum absolute atomic E-state index is 0.0726. The summed E-state index contributed by atoms with van der Waals surface area (Å²) in [4.78, 5) is 40.5. The lowest BCUT2D eigenvalue weighted by Crippen LogP contribution is -2.32. The molecule has 4 aromatic rings. The van der Waals surface area contributed by atoms with Crippen molar-refractivity contribution in [2.45, 2.75) is 6.54 Å². The highest BCUT2D eigenvalue weighted by molar-refractivity contribution is 5.91. The van der Waals surface area contributed by atoms with Gasteiger partial charge in [0.15, 0.2) is 0 Å². The van der Waals surface area contributed by atoms with Crippen LogP contribution in [0.4, 0.5) is 10.5 Å². The topological polar surface area (TPSA) is 137 Å². The molecule has 0 unspecified atom stereocenters. The van der Waals surface area contributed by atoms with E-state index in [-0.39, 0.29) is 17.8 Å². The zero-order chi connectivity index (χ0) is 22.0. The zero-order valence-electron chi connectivity index (χ0n) is 16.6. The highest BCUT2D eigenvalue weighted by Crippen LogP contribution is 2.14. The lowest BCUT2D eigenvalue weighted by Gasteiger charge is -2.11. The predicted octanol–water partition coefficient (Wildman–Crippen LogP) is 1.54. The Morgan fingerprint density at radius 1 is 1.10 bits per heavy atom. The number of carbonyl (C=O) groups is 2. The first-order valence-corrected chi connectivity index (χ1v) is 9.38. The number of nitrogens with one attached hydrogen (secondary N) is 2. The molecule has 3 amide bonds. The molecule has 4 rings (SSSR count). The van der Waals surface area contributed by atoms with Crippen molar-refractivity contribution in [1.29, 1.82) is 0 Å². The molecule has 0 spiro atoms. The van der Waals surface area contributed by atoms with Gasteiger partial charge in [-0.25, -0.2) is 14.5 Å². The van der Waals surface area contributed by atoms with Crippen LogP contribution in [-0.4, -0.2) is 31.3 Å². The molecule has 0 aliphatic heterocycles. The van der Waals surface area contributed by atoms with Crippen LogP contribution in [0.3, 0.4) is 0 Å². The van der Waals surface area contributed by atoms with Crippen LogP contribution >= 0.6 is 0 Å². The molecule has 2 aromatic carbocycles. The van der Waals surface area contributed by atoms with E-state index in [1.807, 2.05) is 0 Å². The highest BCUT2D eigenvalue weighted by atomic mass is 16.2. The van der Waals surface area contributed by atoms with E-state index < -0.39 is 11.9 Å². The Bertz CT molecular complexity index is 1360. The van der Waals surface area contributed by atoms with Crippen molar-refractivity contribution in [2.75, 3.05) is 5.32 Å². The average Bonchev–Trinajstić information content (AvgIpc) is 3.26. The fourth-order valence-corrected chi connectivity index (χ4v) is 3.08. The standard InChI is InChI=1S/C21H19N7O3/c1-27-18(25-16-8-3-2-7-15(16)20(27)30)12-23-21(31)24-13-5-4-6-14(11-13)28-10-9-17(26-28)19(22)29/h2-11H,12H2,1H3,(H2,22,29)(H2,23,24,31). The van der Waals surface area contributed by atoms with E-state index >= 15 is 0 Å². The number of nitrogens with zero attached hydrogens (tertiary/aromatic N) is 4. The number of rotatable bonds is 5. The monoisotopic (exact) mass is 417 g/mol. The molecule has 0 saturated heterocycles. The number of benzene rings is 2. The van der Waals surface area contributed by atoms with Gasteiger partial charge in [0.2, 0.25) is 0 Å². The molecule has 0 atom stereocenters. The molecule has 0 aliphatic carbocycles. The first-order chi connectivity index (χ1) is 14.9. The molecule has 2 heterocycles. The quantitative estimate of drug-likeness (QED) is 0.452. The summed E-state index contributed by atoms with van der Waals surface area (Å²) in [6, 6.07) is 15.0. The van der Waals surface area contributed by atoms with E-state index in [4.69, 9.17) is 5.73 Å². The Morgan fingerprint density at radius 3 is 2.68 bits per heavy atom. The Hall–Kier alpha value is -4.47. The van der Waals surface area contributed by atoms with Gasteiger partial charge in [0.05, 0.1) is 23.1 Å². The van der Waals surface area contributed by atoms with Gasteiger partial charge < -0.3 is 16.4 Å². The second kappa shape index (κ2) is 8.11. The number of urea groups is 1. The van der Waals surface area contributed by atoms with Crippen LogP contribution in [0.5, 0.6) is 0 Å². The number of primary amides is 1. The van der Waals surface area contributed by atoms with Gasteiger partial charge in [0.1, 0.15) is 11.5 Å². The summed E-state index contributed by atoms with van der Waals surface area (Å²) in [7, 11) is 1.62. The number of carbonyl (C=O) groups excluding carboxylic acids is 2. The third-order valence-electron chi connectivity index (χ3n) is 4.69. The van der Waals surface area contributed by atoms with Crippen LogP contribution in [-0.2, 0) is 13.6 Å². The second-order valence-electron chi connectivity index (χ2n) is 6.78. The number of nitrogens with two attached hydrogens (primary N) is 1. The van der Waals surface area contributed by atoms with Crippen molar-refractivity contribution >= 4 is 28.5 Å². The number of amides is 3. The second-order valence-corrected chi connectivity index (χ2v) is 6.78. The van der Waals surface area contributed by atoms with E-state index in [9.17, 15) is 14.4 Å². The number of fused-ring (bicyclic) bond motifs is 1. The summed E-state index contributed by atoms with van der Waals surface area (Å²) in [5, 5.41) is 10.0. The van der Waals surface area contributed by atoms with Crippen LogP contribution in [0.15, 0.2) is 65.6 Å². The fraction of sp³-hybridized carbons (Fsp3) is 0.0952. The summed E-state index contributed by atoms with van der Waals surface area (Å²) in [5.74, 6) is -0.188. The molecule has 10 heteroatoms. The Morgan fingerprint density at radius 2 is 1.90 bits per heavy atom. The van der Waals surface area contributed by atoms with Crippen LogP contribution in [0.25, 0.3) is 16.6 Å². The van der Waals surface area contributed by atoms with Crippen molar-refractivity contribution in [2.24, 2.45) is 12.8 Å². The van der Waals surface area contributed by atoms with Gasteiger partial charge >= 0.3 is 6.03 Å². The van der Waals surface area contributed by atoms with Crippen molar-refractivity contribution in [3.8, 4) is 5.69 Å². The molecule has 31 heavy (non-hydrogen) atoms. The summed E-state index contributed by atoms with van der Waals surface area (Å²) in [5.41, 5.74) is 6.93. The van der Waals surface area contributed by atoms with Crippen LogP contribution < -0.4 is 21.9 Å². The van der Waals surface area contributed by atoms with Gasteiger partial charge in [0.25, 0.3) is 11.5 Å². The van der Waals surface area contributed by atoms with Gasteiger partial charge in [0, 0.05) is 18.9 Å². The average molecular weight is 417 g/mol. The summed E-state index contributed by atoms with van der Waals surface area (Å²) < 4.78 is 2.90. The predicted molar refractivity (Wildman–Crippen MR) is 115 cm³/mol. The number of hydrogen-bond donors (Lipinski definition) is 3. The van der Waals surface area contributed by atoms with Crippen LogP contribution in [0.2, 0.25) is 0 Å². The largest absolute Gasteiger partial charge is 0.364 e. The van der Waals surface area contributed by atoms with Crippen molar-refractivity contribution < 1.29 is 9.59 Å². The van der Waals surface area contributed by atoms with Gasteiger partial charge in [-0.1, -0.05) is 18.2 Å². The molecule has 0 radical (unpaired) electrons. The molecule has 0 fully saturated rings. The summed E-state index contributed by atoms with van der Waals surface area (Å²) in [6.45, 7) is 0.0726. The lowest BCUT2D eigenvalue weighted by molar-refractivity contribution is 0.0995. The van der Waals surface area contributed by atoms with E-state index in [1.54, 1.807) is 61.8 Å². The number of anilines is 1. The molecule has 2 aromatic heterocycles. The van der Waals surface area contributed by atoms with Crippen molar-refractivity contribution in [1.82, 2.24) is 24.6 Å². The number of para-hydroxylation sites is 1. The Balaban J connectivity index is 1.46. The van der Waals surface area contributed by atoms with Crippen molar-refractivity contribution in [3.63, 3.8) is 0 Å². The first kappa shape index (κ1) is 19.8. The maximum Gasteiger partial charge on any atom is 0.319 e. The SMILES string of the molecule is Cn1c(CNC(=O)Nc2cccc(-n3ccc(C(N)=O)n3)c2)nc2ccccc2c1=O. The Labute approximate surface area is 176 Å². The minimum Gasteiger partial charge on any atom is -0.364 e. The van der Waals surface area contributed by atoms with Gasteiger partial charge in [-0.2, -0.15) is 5.10 Å². The summed E-state index contributed by atoms with van der Waals surface area (Å²) in [6.07, 6.45) is 1.60. The molecule has 0 bridgehead atoms. The van der Waals surface area contributed by atoms with Crippen LogP contribution in [0.1, 0.15) is 16.3 Å². The third-order valence-corrected chi connectivity index (χ3v) is 4.69. The Kier molecular flexibility index (Phi) is 5.19. The zero-order valence-corrected chi connectivity index (χ0v) is 16.6. The smallest absolute Gasteiger partial charge is 0.319 e. The maximum absolute atomic E-state index is 12.5. The summed E-state index contributed by atoms with van der Waals surface area (Å²) >= 11 is 0. The molecule has 0 aliphatic rings. The van der Waals surface area contributed by atoms with Gasteiger partial charge in [-0.3, -0.25) is 14.2 Å². The minimum atomic E-state index is -0.621. The first-order valence-electron chi connectivity index (χ1n) is 9.38. The fourth-order valence-electron chi connectivity index (χ4n) is 3.08. The lowest BCUT2D eigenvalue weighted by atomic mass is 10.2. The van der Waals surface area contributed by atoms with Gasteiger partial charge in [-0.15, -0.1) is 0 Å². The molecule has 156 valence electrons. The van der Waals surface area contributed by atoms with E-state index in [2.05, 4.69) is 20.7 Å². The normalized spacial score (nSPS) is 10.7. The third kappa shape index (κ3) is 4.13. The van der Waals surface area contributed by atoms with E-state index in [1.165, 1.54) is 15.3 Å². The molecular formula is C21H19N7O3. The number of aromatic nitrogens is 4. The highest BCUT2D eigenvalue weighted by Gasteiger charge is 2.10. The molecule has 4 N–H and O–H groups in total. The molecule has 10 nitrogen and oxygen atoms in total. The molecule has 0 saturated carbocycles. The number of hydrogen-bond acceptors (Lipinski definition) is 5. The maximum atomic E-state index is 12.5. The van der Waals surface area contributed by atoms with E-state index in [0.29, 0.717) is 28.1 Å². The van der Waals surface area contributed by atoms with Crippen LogP contribution in [0, 0.1) is 0 Å². The van der Waals surface area contributed by atoms with E-state index in [0.717, 1.165) is 0 Å². The van der Waals surface area contributed by atoms with Crippen molar-refractivity contribution in [3.05, 3.63) is 82.7 Å². The van der Waals surface area contributed by atoms with Gasteiger partial charge in [-0.05, 0) is 36.4 Å². The molecular weight excluding hydrogens is 398 g/mol.